The van der Waals surface area contributed by atoms with E-state index in [0.29, 0.717) is 12.8 Å². The van der Waals surface area contributed by atoms with Gasteiger partial charge < -0.3 is 20.4 Å². The summed E-state index contributed by atoms with van der Waals surface area (Å²) >= 11 is 0. The number of carbonyl (C=O) groups excluding carboxylic acids is 2. The third-order valence-electron chi connectivity index (χ3n) is 1.75. The van der Waals surface area contributed by atoms with Crippen LogP contribution < -0.4 is 0 Å². The molecule has 0 rings (SSSR count). The Labute approximate surface area is 169 Å². The van der Waals surface area contributed by atoms with Crippen molar-refractivity contribution in [1.82, 2.24) is 0 Å². The minimum atomic E-state index is -1.03. The molecule has 0 saturated carbocycles. The molecule has 168 valence electrons. The summed E-state index contributed by atoms with van der Waals surface area (Å²) in [5.41, 5.74) is -1.00. The van der Waals surface area contributed by atoms with Gasteiger partial charge in [0.15, 0.2) is 0 Å². The highest BCUT2D eigenvalue weighted by molar-refractivity contribution is 5.95. The number of ketones is 2. The van der Waals surface area contributed by atoms with E-state index in [2.05, 4.69) is 0 Å². The summed E-state index contributed by atoms with van der Waals surface area (Å²) in [6, 6.07) is 0. The number of aliphatic hydroxyl groups is 2. The van der Waals surface area contributed by atoms with E-state index in [1.165, 1.54) is 0 Å². The van der Waals surface area contributed by atoms with Crippen LogP contribution in [-0.4, -0.2) is 55.1 Å². The highest BCUT2D eigenvalue weighted by Gasteiger charge is 2.05. The van der Waals surface area contributed by atoms with Gasteiger partial charge in [0, 0.05) is 12.8 Å². The summed E-state index contributed by atoms with van der Waals surface area (Å²) in [5, 5.41) is 33.2. The van der Waals surface area contributed by atoms with Crippen molar-refractivity contribution in [2.75, 3.05) is 0 Å². The second-order valence-corrected chi connectivity index (χ2v) is 8.06. The summed E-state index contributed by atoms with van der Waals surface area (Å²) < 4.78 is 0. The third kappa shape index (κ3) is 87.5. The average molecular weight is 409 g/mol. The molecule has 8 nitrogen and oxygen atoms in total. The second-order valence-electron chi connectivity index (χ2n) is 8.06. The quantitative estimate of drug-likeness (QED) is 0.447. The smallest absolute Gasteiger partial charge is 0.310 e. The van der Waals surface area contributed by atoms with Crippen molar-refractivity contribution >= 4 is 23.5 Å². The number of rotatable bonds is 8. The highest BCUT2D eigenvalue weighted by atomic mass is 16.4. The fourth-order valence-electron chi connectivity index (χ4n) is 1.07. The number of carboxylic acids is 2. The van der Waals surface area contributed by atoms with E-state index in [9.17, 15) is 19.2 Å². The number of hydrogen-bond donors (Lipinski definition) is 4. The van der Waals surface area contributed by atoms with E-state index in [0.717, 1.165) is 12.8 Å². The number of carboxylic acid groups (broad SMARTS) is 2. The van der Waals surface area contributed by atoms with Gasteiger partial charge in [0.1, 0.15) is 24.4 Å². The molecule has 0 fully saturated rings. The fraction of sp³-hybridized carbons (Fsp3) is 0.800. The van der Waals surface area contributed by atoms with E-state index >= 15 is 0 Å². The largest absolute Gasteiger partial charge is 0.481 e. The molecule has 28 heavy (non-hydrogen) atoms. The summed E-state index contributed by atoms with van der Waals surface area (Å²) in [6.45, 7) is 14.2. The van der Waals surface area contributed by atoms with E-state index in [4.69, 9.17) is 20.4 Å². The Morgan fingerprint density at radius 2 is 0.786 bits per heavy atom. The number of hydrogen-bond acceptors (Lipinski definition) is 6. The van der Waals surface area contributed by atoms with Gasteiger partial charge in [0.2, 0.25) is 0 Å². The first-order chi connectivity index (χ1) is 12.3. The molecular weight excluding hydrogens is 368 g/mol. The average Bonchev–Trinajstić information content (AvgIpc) is 2.33. The van der Waals surface area contributed by atoms with E-state index < -0.39 is 23.1 Å². The molecule has 0 spiro atoms. The zero-order valence-electron chi connectivity index (χ0n) is 18.7. The summed E-state index contributed by atoms with van der Waals surface area (Å²) in [5.74, 6) is -2.45. The Kier molecular flexibility index (Phi) is 22.4. The van der Waals surface area contributed by atoms with Gasteiger partial charge in [-0.25, -0.2) is 0 Å². The van der Waals surface area contributed by atoms with Crippen LogP contribution in [0.15, 0.2) is 0 Å². The molecule has 4 N–H and O–H groups in total. The molecule has 0 aliphatic heterocycles. The van der Waals surface area contributed by atoms with Crippen molar-refractivity contribution in [3.63, 3.8) is 0 Å². The van der Waals surface area contributed by atoms with Crippen LogP contribution >= 0.6 is 0 Å². The van der Waals surface area contributed by atoms with Crippen molar-refractivity contribution in [2.24, 2.45) is 0 Å². The molecule has 0 aromatic carbocycles. The lowest BCUT2D eigenvalue weighted by molar-refractivity contribution is -0.141. The van der Waals surface area contributed by atoms with Gasteiger partial charge in [-0.05, 0) is 54.4 Å². The van der Waals surface area contributed by atoms with Crippen LogP contribution in [0.25, 0.3) is 0 Å². The van der Waals surface area contributed by atoms with Crippen LogP contribution in [0.3, 0.4) is 0 Å². The lowest BCUT2D eigenvalue weighted by Crippen LogP contribution is -2.10. The molecular formula is C20H40O8. The monoisotopic (exact) mass is 408 g/mol. The molecule has 0 aliphatic rings. The van der Waals surface area contributed by atoms with Crippen LogP contribution in [0.1, 0.15) is 93.9 Å². The van der Waals surface area contributed by atoms with Gasteiger partial charge >= 0.3 is 11.9 Å². The minimum Gasteiger partial charge on any atom is -0.481 e. The van der Waals surface area contributed by atoms with Gasteiger partial charge in [-0.1, -0.05) is 13.8 Å². The minimum absolute atomic E-state index is 0.190. The van der Waals surface area contributed by atoms with Gasteiger partial charge in [-0.15, -0.1) is 0 Å². The molecule has 0 heterocycles. The van der Waals surface area contributed by atoms with E-state index in [1.54, 1.807) is 41.5 Å². The van der Waals surface area contributed by atoms with Crippen LogP contribution in [-0.2, 0) is 19.2 Å². The molecule has 0 aromatic heterocycles. The first kappa shape index (κ1) is 33.8. The third-order valence-corrected chi connectivity index (χ3v) is 1.75. The molecule has 0 saturated heterocycles. The van der Waals surface area contributed by atoms with Gasteiger partial charge in [-0.3, -0.25) is 19.2 Å². The lowest BCUT2D eigenvalue weighted by Gasteiger charge is -2.04. The number of aliphatic carboxylic acids is 2. The van der Waals surface area contributed by atoms with Gasteiger partial charge in [-0.2, -0.15) is 0 Å². The maximum absolute atomic E-state index is 10.5. The molecule has 0 radical (unpaired) electrons. The van der Waals surface area contributed by atoms with Crippen LogP contribution in [0.4, 0.5) is 0 Å². The lowest BCUT2D eigenvalue weighted by atomic mass is 10.2. The van der Waals surface area contributed by atoms with Gasteiger partial charge in [0.05, 0.1) is 11.2 Å². The molecule has 0 bridgehead atoms. The van der Waals surface area contributed by atoms with Crippen LogP contribution in [0.2, 0.25) is 0 Å². The Morgan fingerprint density at radius 1 is 0.607 bits per heavy atom. The second kappa shape index (κ2) is 18.6. The highest BCUT2D eigenvalue weighted by Crippen LogP contribution is 1.94. The van der Waals surface area contributed by atoms with Crippen LogP contribution in [0, 0.1) is 0 Å². The Balaban J connectivity index is -0.000000143. The standard InChI is InChI=1S/2C6H10O3.2C4H10O/c2*1-2-3-5(7)4-6(8)9;2*1-4(2,3)5/h2*2-4H2,1H3,(H,8,9);2*5H,1-3H3. The van der Waals surface area contributed by atoms with Crippen molar-refractivity contribution in [2.45, 2.75) is 105 Å². The predicted octanol–water partition coefficient (Wildman–Crippen LogP) is 3.22. The van der Waals surface area contributed by atoms with E-state index in [-0.39, 0.29) is 24.4 Å². The molecule has 0 aliphatic carbocycles. The molecule has 0 unspecified atom stereocenters. The SMILES string of the molecule is CC(C)(C)O.CC(C)(C)O.CCCC(=O)CC(=O)O.CCCC(=O)CC(=O)O. The summed E-state index contributed by atoms with van der Waals surface area (Å²) in [4.78, 5) is 40.7. The number of Topliss-reactive ketones (excluding diaryl/α,β-unsaturated/α-hetero) is 2. The summed E-state index contributed by atoms with van der Waals surface area (Å²) in [7, 11) is 0. The number of carbonyl (C=O) groups is 4. The maximum Gasteiger partial charge on any atom is 0.310 e. The Morgan fingerprint density at radius 3 is 0.893 bits per heavy atom. The Bertz CT molecular complexity index is 388. The van der Waals surface area contributed by atoms with Crippen molar-refractivity contribution in [3.05, 3.63) is 0 Å². The first-order valence-corrected chi connectivity index (χ1v) is 9.25. The van der Waals surface area contributed by atoms with Crippen molar-refractivity contribution < 1.29 is 39.6 Å². The molecule has 8 heteroatoms. The Hall–Kier alpha value is -1.80. The molecule has 0 atom stereocenters. The zero-order chi connectivity index (χ0) is 23.6. The molecule has 0 amide bonds. The normalized spacial score (nSPS) is 10.1. The van der Waals surface area contributed by atoms with Gasteiger partial charge in [0.25, 0.3) is 0 Å². The van der Waals surface area contributed by atoms with Crippen molar-refractivity contribution in [1.29, 1.82) is 0 Å². The molecule has 0 aromatic rings. The maximum atomic E-state index is 10.5. The van der Waals surface area contributed by atoms with E-state index in [1.807, 2.05) is 13.8 Å². The fourth-order valence-corrected chi connectivity index (χ4v) is 1.07. The topological polar surface area (TPSA) is 149 Å². The summed E-state index contributed by atoms with van der Waals surface area (Å²) in [6.07, 6.45) is 1.57. The predicted molar refractivity (Wildman–Crippen MR) is 108 cm³/mol. The zero-order valence-corrected chi connectivity index (χ0v) is 18.7. The first-order valence-electron chi connectivity index (χ1n) is 9.25. The van der Waals surface area contributed by atoms with Crippen LogP contribution in [0.5, 0.6) is 0 Å². The van der Waals surface area contributed by atoms with Crippen molar-refractivity contribution in [3.8, 4) is 0 Å².